The van der Waals surface area contributed by atoms with Crippen LogP contribution < -0.4 is 15.4 Å². The molecule has 1 unspecified atom stereocenters. The van der Waals surface area contributed by atoms with Crippen LogP contribution in [0.2, 0.25) is 0 Å². The summed E-state index contributed by atoms with van der Waals surface area (Å²) < 4.78 is 27.1. The van der Waals surface area contributed by atoms with Crippen molar-refractivity contribution in [2.45, 2.75) is 32.0 Å². The van der Waals surface area contributed by atoms with Crippen LogP contribution in [0.15, 0.2) is 65.7 Å². The Morgan fingerprint density at radius 2 is 1.71 bits per heavy atom. The molecule has 1 heterocycles. The van der Waals surface area contributed by atoms with Crippen LogP contribution >= 0.6 is 0 Å². The molecule has 8 heteroatoms. The molecule has 0 amide bonds. The highest BCUT2D eigenvalue weighted by molar-refractivity contribution is 7.89. The molecule has 1 aliphatic rings. The van der Waals surface area contributed by atoms with Crippen LogP contribution in [0.4, 0.5) is 0 Å². The molecule has 3 N–H and O–H groups in total. The van der Waals surface area contributed by atoms with Gasteiger partial charge in [-0.1, -0.05) is 60.7 Å². The second kappa shape index (κ2) is 11.8. The molecule has 3 rings (SSSR count). The van der Waals surface area contributed by atoms with Crippen LogP contribution in [0.25, 0.3) is 0 Å². The fourth-order valence-corrected chi connectivity index (χ4v) is 4.65. The molecular formula is C23H33N5O2S. The fourth-order valence-electron chi connectivity index (χ4n) is 3.75. The lowest BCUT2D eigenvalue weighted by Crippen LogP contribution is -2.46. The molecule has 1 atom stereocenters. The van der Waals surface area contributed by atoms with Crippen molar-refractivity contribution in [3.63, 3.8) is 0 Å². The molecule has 0 radical (unpaired) electrons. The number of nitrogens with zero attached hydrogens (tertiary/aromatic N) is 2. The first-order valence-corrected chi connectivity index (χ1v) is 12.4. The molecule has 1 aliphatic heterocycles. The van der Waals surface area contributed by atoms with Crippen LogP contribution in [-0.2, 0) is 23.1 Å². The van der Waals surface area contributed by atoms with E-state index < -0.39 is 10.0 Å². The molecule has 0 aliphatic carbocycles. The summed E-state index contributed by atoms with van der Waals surface area (Å²) in [6.45, 7) is 3.42. The van der Waals surface area contributed by atoms with Gasteiger partial charge in [-0.3, -0.25) is 9.89 Å². The second-order valence-electron chi connectivity index (χ2n) is 7.76. The summed E-state index contributed by atoms with van der Waals surface area (Å²) in [5.74, 6) is 0.620. The molecule has 0 spiro atoms. The van der Waals surface area contributed by atoms with Gasteiger partial charge in [0, 0.05) is 39.3 Å². The number of hydrogen-bond acceptors (Lipinski definition) is 4. The average Bonchev–Trinajstić information content (AvgIpc) is 3.23. The maximum absolute atomic E-state index is 12.2. The van der Waals surface area contributed by atoms with Gasteiger partial charge in [0.1, 0.15) is 0 Å². The molecule has 2 aromatic rings. The molecular weight excluding hydrogens is 410 g/mol. The van der Waals surface area contributed by atoms with E-state index in [1.807, 2.05) is 36.4 Å². The van der Waals surface area contributed by atoms with Crippen molar-refractivity contribution in [1.82, 2.24) is 20.3 Å². The van der Waals surface area contributed by atoms with Crippen LogP contribution in [0, 0.1) is 0 Å². The van der Waals surface area contributed by atoms with Gasteiger partial charge in [-0.25, -0.2) is 13.1 Å². The minimum Gasteiger partial charge on any atom is -0.355 e. The Labute approximate surface area is 186 Å². The molecule has 0 aromatic heterocycles. The van der Waals surface area contributed by atoms with Crippen molar-refractivity contribution in [2.75, 3.05) is 32.4 Å². The lowest BCUT2D eigenvalue weighted by Gasteiger charge is -2.25. The Morgan fingerprint density at radius 1 is 1.03 bits per heavy atom. The quantitative estimate of drug-likeness (QED) is 0.386. The zero-order valence-corrected chi connectivity index (χ0v) is 18.9. The number of sulfonamides is 1. The molecule has 2 aromatic carbocycles. The van der Waals surface area contributed by atoms with Crippen molar-refractivity contribution in [3.05, 3.63) is 71.8 Å². The summed E-state index contributed by atoms with van der Waals surface area (Å²) in [7, 11) is -1.66. The molecule has 7 nitrogen and oxygen atoms in total. The third-order valence-electron chi connectivity index (χ3n) is 5.46. The summed E-state index contributed by atoms with van der Waals surface area (Å²) in [5, 5.41) is 6.47. The number of guanidine groups is 1. The van der Waals surface area contributed by atoms with Crippen LogP contribution in [-0.4, -0.2) is 57.8 Å². The predicted octanol–water partition coefficient (Wildman–Crippen LogP) is 1.94. The Balaban J connectivity index is 1.39. The summed E-state index contributed by atoms with van der Waals surface area (Å²) in [5.41, 5.74) is 2.26. The Kier molecular flexibility index (Phi) is 8.87. The van der Waals surface area contributed by atoms with E-state index >= 15 is 0 Å². The Bertz CT molecular complexity index is 919. The number of hydrogen-bond donors (Lipinski definition) is 3. The molecule has 0 saturated carbocycles. The van der Waals surface area contributed by atoms with E-state index in [1.54, 1.807) is 7.05 Å². The number of aliphatic imine (C=N–C) groups is 1. The summed E-state index contributed by atoms with van der Waals surface area (Å²) in [4.78, 5) is 6.73. The maximum atomic E-state index is 12.2. The predicted molar refractivity (Wildman–Crippen MR) is 126 cm³/mol. The SMILES string of the molecule is CN=C(NCCS(=O)(=O)NCc1ccccc1)NCC1CCCN1Cc1ccccc1. The zero-order chi connectivity index (χ0) is 21.9. The van der Waals surface area contributed by atoms with E-state index in [-0.39, 0.29) is 5.75 Å². The first-order valence-electron chi connectivity index (χ1n) is 10.8. The number of nitrogens with one attached hydrogen (secondary N) is 3. The van der Waals surface area contributed by atoms with Crippen LogP contribution in [0.1, 0.15) is 24.0 Å². The van der Waals surface area contributed by atoms with Crippen molar-refractivity contribution < 1.29 is 8.42 Å². The largest absolute Gasteiger partial charge is 0.355 e. The maximum Gasteiger partial charge on any atom is 0.213 e. The highest BCUT2D eigenvalue weighted by Gasteiger charge is 2.24. The lowest BCUT2D eigenvalue weighted by atomic mass is 10.2. The fraction of sp³-hybridized carbons (Fsp3) is 0.435. The van der Waals surface area contributed by atoms with E-state index in [0.717, 1.165) is 31.6 Å². The first kappa shape index (κ1) is 23.2. The van der Waals surface area contributed by atoms with Crippen LogP contribution in [0.5, 0.6) is 0 Å². The van der Waals surface area contributed by atoms with E-state index in [9.17, 15) is 8.42 Å². The smallest absolute Gasteiger partial charge is 0.213 e. The third-order valence-corrected chi connectivity index (χ3v) is 6.78. The minimum absolute atomic E-state index is 0.00983. The summed E-state index contributed by atoms with van der Waals surface area (Å²) in [6.07, 6.45) is 2.34. The highest BCUT2D eigenvalue weighted by atomic mass is 32.2. The van der Waals surface area contributed by atoms with Crippen LogP contribution in [0.3, 0.4) is 0 Å². The Hall–Kier alpha value is -2.42. The minimum atomic E-state index is -3.36. The second-order valence-corrected chi connectivity index (χ2v) is 9.68. The average molecular weight is 444 g/mol. The van der Waals surface area contributed by atoms with Gasteiger partial charge in [-0.2, -0.15) is 0 Å². The van der Waals surface area contributed by atoms with Crippen molar-refractivity contribution >= 4 is 16.0 Å². The molecule has 168 valence electrons. The van der Waals surface area contributed by atoms with E-state index in [2.05, 4.69) is 49.5 Å². The number of likely N-dealkylation sites (tertiary alicyclic amines) is 1. The van der Waals surface area contributed by atoms with E-state index in [1.165, 1.54) is 12.0 Å². The normalized spacial score (nSPS) is 17.6. The van der Waals surface area contributed by atoms with Gasteiger partial charge in [0.05, 0.1) is 5.75 Å². The van der Waals surface area contributed by atoms with E-state index in [0.29, 0.717) is 25.1 Å². The summed E-state index contributed by atoms with van der Waals surface area (Å²) in [6, 6.07) is 20.5. The van der Waals surface area contributed by atoms with Crippen molar-refractivity contribution in [3.8, 4) is 0 Å². The highest BCUT2D eigenvalue weighted by Crippen LogP contribution is 2.19. The van der Waals surface area contributed by atoms with Crippen molar-refractivity contribution in [1.29, 1.82) is 0 Å². The number of benzene rings is 2. The van der Waals surface area contributed by atoms with Gasteiger partial charge in [0.2, 0.25) is 10.0 Å². The molecule has 0 bridgehead atoms. The monoisotopic (exact) mass is 443 g/mol. The molecule has 1 saturated heterocycles. The Morgan fingerprint density at radius 3 is 2.39 bits per heavy atom. The number of rotatable bonds is 10. The topological polar surface area (TPSA) is 85.8 Å². The van der Waals surface area contributed by atoms with Gasteiger partial charge >= 0.3 is 0 Å². The van der Waals surface area contributed by atoms with Gasteiger partial charge < -0.3 is 10.6 Å². The van der Waals surface area contributed by atoms with Gasteiger partial charge in [0.15, 0.2) is 5.96 Å². The van der Waals surface area contributed by atoms with E-state index in [4.69, 9.17) is 0 Å². The standard InChI is InChI=1S/C23H33N5O2S/c1-24-23(25-14-16-31(29,30)27-17-20-9-4-2-5-10-20)26-18-22-13-8-15-28(22)19-21-11-6-3-7-12-21/h2-7,9-12,22,27H,8,13-19H2,1H3,(H2,24,25,26). The van der Waals surface area contributed by atoms with Gasteiger partial charge in [0.25, 0.3) is 0 Å². The lowest BCUT2D eigenvalue weighted by molar-refractivity contribution is 0.245. The van der Waals surface area contributed by atoms with Gasteiger partial charge in [-0.15, -0.1) is 0 Å². The summed E-state index contributed by atoms with van der Waals surface area (Å²) >= 11 is 0. The van der Waals surface area contributed by atoms with Gasteiger partial charge in [-0.05, 0) is 30.5 Å². The third kappa shape index (κ3) is 7.97. The first-order chi connectivity index (χ1) is 15.1. The molecule has 31 heavy (non-hydrogen) atoms. The molecule has 1 fully saturated rings. The zero-order valence-electron chi connectivity index (χ0n) is 18.1. The van der Waals surface area contributed by atoms with Crippen molar-refractivity contribution in [2.24, 2.45) is 4.99 Å².